The molecule has 0 spiro atoms. The third-order valence-corrected chi connectivity index (χ3v) is 5.35. The van der Waals surface area contributed by atoms with Crippen LogP contribution in [0, 0.1) is 0 Å². The standard InChI is InChI=1S/C8H16ClNO2S2/c1-2-13-8-4-3-7(5-8)10-14(11,12)6-9/h7-8,10H,2-6H2,1H3. The molecule has 2 unspecified atom stereocenters. The summed E-state index contributed by atoms with van der Waals surface area (Å²) in [6, 6.07) is 0.0998. The SMILES string of the molecule is CCSC1CCC(NS(=O)(=O)CCl)C1. The van der Waals surface area contributed by atoms with Crippen molar-refractivity contribution in [3.05, 3.63) is 0 Å². The lowest BCUT2D eigenvalue weighted by atomic mass is 10.3. The van der Waals surface area contributed by atoms with Crippen LogP contribution >= 0.6 is 23.4 Å². The lowest BCUT2D eigenvalue weighted by molar-refractivity contribution is 0.557. The van der Waals surface area contributed by atoms with Crippen LogP contribution < -0.4 is 4.72 Å². The van der Waals surface area contributed by atoms with Crippen LogP contribution in [0.25, 0.3) is 0 Å². The van der Waals surface area contributed by atoms with E-state index in [0.717, 1.165) is 25.0 Å². The molecule has 2 atom stereocenters. The van der Waals surface area contributed by atoms with E-state index in [2.05, 4.69) is 11.6 Å². The highest BCUT2D eigenvalue weighted by molar-refractivity contribution is 7.99. The summed E-state index contributed by atoms with van der Waals surface area (Å²) in [6.07, 6.45) is 2.98. The molecule has 1 aliphatic rings. The van der Waals surface area contributed by atoms with Crippen LogP contribution in [-0.2, 0) is 10.0 Å². The van der Waals surface area contributed by atoms with E-state index in [1.54, 1.807) is 0 Å². The molecule has 0 amide bonds. The van der Waals surface area contributed by atoms with E-state index in [1.165, 1.54) is 0 Å². The Balaban J connectivity index is 2.36. The fraction of sp³-hybridized carbons (Fsp3) is 1.00. The number of hydrogen-bond acceptors (Lipinski definition) is 3. The van der Waals surface area contributed by atoms with Gasteiger partial charge in [-0.05, 0) is 25.0 Å². The Hall–Kier alpha value is 0.550. The molecule has 1 N–H and O–H groups in total. The highest BCUT2D eigenvalue weighted by Crippen LogP contribution is 2.29. The molecule has 14 heavy (non-hydrogen) atoms. The van der Waals surface area contributed by atoms with Crippen molar-refractivity contribution < 1.29 is 8.42 Å². The van der Waals surface area contributed by atoms with E-state index < -0.39 is 10.0 Å². The Kier molecular flexibility index (Phi) is 5.03. The van der Waals surface area contributed by atoms with Gasteiger partial charge in [0.15, 0.2) is 0 Å². The van der Waals surface area contributed by atoms with Crippen molar-refractivity contribution in [3.8, 4) is 0 Å². The predicted octanol–water partition coefficient (Wildman–Crippen LogP) is 1.78. The molecule has 0 heterocycles. The van der Waals surface area contributed by atoms with Crippen molar-refractivity contribution >= 4 is 33.4 Å². The molecule has 1 aliphatic carbocycles. The van der Waals surface area contributed by atoms with Gasteiger partial charge in [0.05, 0.1) is 0 Å². The van der Waals surface area contributed by atoms with Crippen LogP contribution in [0.15, 0.2) is 0 Å². The molecule has 0 aliphatic heterocycles. The van der Waals surface area contributed by atoms with E-state index in [0.29, 0.717) is 5.25 Å². The van der Waals surface area contributed by atoms with Crippen LogP contribution in [-0.4, -0.2) is 30.7 Å². The molecule has 6 heteroatoms. The normalized spacial score (nSPS) is 28.1. The van der Waals surface area contributed by atoms with Gasteiger partial charge in [0.2, 0.25) is 10.0 Å². The quantitative estimate of drug-likeness (QED) is 0.764. The van der Waals surface area contributed by atoms with Crippen molar-refractivity contribution in [1.29, 1.82) is 0 Å². The topological polar surface area (TPSA) is 46.2 Å². The van der Waals surface area contributed by atoms with Gasteiger partial charge >= 0.3 is 0 Å². The zero-order valence-corrected chi connectivity index (χ0v) is 10.6. The highest BCUT2D eigenvalue weighted by Gasteiger charge is 2.27. The van der Waals surface area contributed by atoms with Crippen molar-refractivity contribution in [2.24, 2.45) is 0 Å². The number of alkyl halides is 1. The largest absolute Gasteiger partial charge is 0.225 e. The van der Waals surface area contributed by atoms with Gasteiger partial charge in [-0.3, -0.25) is 0 Å². The minimum absolute atomic E-state index is 0.0998. The summed E-state index contributed by atoms with van der Waals surface area (Å²) >= 11 is 7.22. The van der Waals surface area contributed by atoms with Gasteiger partial charge in [0.1, 0.15) is 5.21 Å². The smallest absolute Gasteiger partial charge is 0.211 e. The van der Waals surface area contributed by atoms with E-state index >= 15 is 0 Å². The summed E-state index contributed by atoms with van der Waals surface area (Å²) < 4.78 is 25.0. The predicted molar refractivity (Wildman–Crippen MR) is 62.3 cm³/mol. The molecule has 0 saturated heterocycles. The molecule has 1 rings (SSSR count). The monoisotopic (exact) mass is 257 g/mol. The molecular weight excluding hydrogens is 242 g/mol. The minimum Gasteiger partial charge on any atom is -0.211 e. The first-order valence-electron chi connectivity index (χ1n) is 4.75. The second kappa shape index (κ2) is 5.58. The fourth-order valence-electron chi connectivity index (χ4n) is 1.72. The Bertz CT molecular complexity index is 269. The molecule has 0 radical (unpaired) electrons. The maximum atomic E-state index is 11.2. The summed E-state index contributed by atoms with van der Waals surface area (Å²) in [5, 5.41) is 0.276. The van der Waals surface area contributed by atoms with Crippen molar-refractivity contribution in [2.45, 2.75) is 37.5 Å². The van der Waals surface area contributed by atoms with Gasteiger partial charge in [-0.2, -0.15) is 11.8 Å². The van der Waals surface area contributed by atoms with E-state index in [9.17, 15) is 8.42 Å². The van der Waals surface area contributed by atoms with E-state index in [1.807, 2.05) is 11.8 Å². The van der Waals surface area contributed by atoms with Gasteiger partial charge in [0, 0.05) is 11.3 Å². The van der Waals surface area contributed by atoms with Gasteiger partial charge in [-0.25, -0.2) is 13.1 Å². The van der Waals surface area contributed by atoms with E-state index in [4.69, 9.17) is 11.6 Å². The number of nitrogens with one attached hydrogen (secondary N) is 1. The average Bonchev–Trinajstić information content (AvgIpc) is 2.53. The minimum atomic E-state index is -3.24. The Morgan fingerprint density at radius 3 is 2.79 bits per heavy atom. The maximum absolute atomic E-state index is 11.2. The van der Waals surface area contributed by atoms with Crippen molar-refractivity contribution in [2.75, 3.05) is 11.0 Å². The lowest BCUT2D eigenvalue weighted by Gasteiger charge is -2.11. The summed E-state index contributed by atoms with van der Waals surface area (Å²) in [4.78, 5) is 0. The van der Waals surface area contributed by atoms with Crippen LogP contribution in [0.2, 0.25) is 0 Å². The van der Waals surface area contributed by atoms with Gasteiger partial charge in [0.25, 0.3) is 0 Å². The second-order valence-electron chi connectivity index (χ2n) is 3.43. The fourth-order valence-corrected chi connectivity index (χ4v) is 3.84. The van der Waals surface area contributed by atoms with E-state index in [-0.39, 0.29) is 11.3 Å². The summed E-state index contributed by atoms with van der Waals surface area (Å²) in [5.41, 5.74) is 0. The van der Waals surface area contributed by atoms with Gasteiger partial charge < -0.3 is 0 Å². The third kappa shape index (κ3) is 3.96. The first-order chi connectivity index (χ1) is 6.57. The molecule has 84 valence electrons. The summed E-state index contributed by atoms with van der Waals surface area (Å²) in [7, 11) is -3.24. The zero-order chi connectivity index (χ0) is 10.6. The Morgan fingerprint density at radius 2 is 2.21 bits per heavy atom. The molecular formula is C8H16ClNO2S2. The maximum Gasteiger partial charge on any atom is 0.225 e. The molecule has 0 aromatic carbocycles. The van der Waals surface area contributed by atoms with Crippen LogP contribution in [0.1, 0.15) is 26.2 Å². The van der Waals surface area contributed by atoms with Crippen molar-refractivity contribution in [1.82, 2.24) is 4.72 Å². The van der Waals surface area contributed by atoms with Crippen LogP contribution in [0.3, 0.4) is 0 Å². The zero-order valence-electron chi connectivity index (χ0n) is 8.20. The highest BCUT2D eigenvalue weighted by atomic mass is 35.5. The third-order valence-electron chi connectivity index (χ3n) is 2.28. The van der Waals surface area contributed by atoms with Crippen LogP contribution in [0.4, 0.5) is 0 Å². The number of thioether (sulfide) groups is 1. The summed E-state index contributed by atoms with van der Waals surface area (Å²) in [5.74, 6) is 1.10. The molecule has 1 fully saturated rings. The Morgan fingerprint density at radius 1 is 1.50 bits per heavy atom. The molecule has 0 aromatic rings. The molecule has 0 bridgehead atoms. The van der Waals surface area contributed by atoms with Crippen LogP contribution in [0.5, 0.6) is 0 Å². The summed E-state index contributed by atoms with van der Waals surface area (Å²) in [6.45, 7) is 2.13. The number of hydrogen-bond donors (Lipinski definition) is 1. The average molecular weight is 258 g/mol. The van der Waals surface area contributed by atoms with Crippen molar-refractivity contribution in [3.63, 3.8) is 0 Å². The molecule has 0 aromatic heterocycles. The number of rotatable bonds is 5. The lowest BCUT2D eigenvalue weighted by Crippen LogP contribution is -2.33. The first-order valence-corrected chi connectivity index (χ1v) is 7.98. The molecule has 1 saturated carbocycles. The number of halogens is 1. The van der Waals surface area contributed by atoms with Gasteiger partial charge in [-0.15, -0.1) is 11.6 Å². The number of sulfonamides is 1. The second-order valence-corrected chi connectivity index (χ2v) is 7.34. The molecule has 3 nitrogen and oxygen atoms in total. The first kappa shape index (κ1) is 12.6. The van der Waals surface area contributed by atoms with Gasteiger partial charge in [-0.1, -0.05) is 6.92 Å². The Labute approximate surface area is 95.0 Å².